The maximum absolute atomic E-state index is 13.6. The summed E-state index contributed by atoms with van der Waals surface area (Å²) in [6.45, 7) is 3.80. The third-order valence-electron chi connectivity index (χ3n) is 4.88. The van der Waals surface area contributed by atoms with Gasteiger partial charge < -0.3 is 10.6 Å². The van der Waals surface area contributed by atoms with Crippen molar-refractivity contribution in [1.29, 1.82) is 0 Å². The van der Waals surface area contributed by atoms with E-state index in [-0.39, 0.29) is 12.0 Å². The molecule has 2 heterocycles. The lowest BCUT2D eigenvalue weighted by Crippen LogP contribution is -2.15. The van der Waals surface area contributed by atoms with Crippen molar-refractivity contribution >= 4 is 12.0 Å². The second-order valence-corrected chi connectivity index (χ2v) is 7.28. The lowest BCUT2D eigenvalue weighted by molar-refractivity contribution is -0.191. The number of nitrogens with one attached hydrogen (secondary N) is 2. The largest absolute Gasteiger partial charge is 0.373 e. The molecule has 160 valence electrons. The van der Waals surface area contributed by atoms with Gasteiger partial charge in [0.25, 0.3) is 0 Å². The first kappa shape index (κ1) is 22.2. The smallest absolute Gasteiger partial charge is 0.369 e. The molecule has 7 nitrogen and oxygen atoms in total. The Morgan fingerprint density at radius 1 is 1.16 bits per heavy atom. The summed E-state index contributed by atoms with van der Waals surface area (Å²) in [5.74, 6) is 1.28. The Kier molecular flexibility index (Phi) is 7.54. The normalized spacial score (nSPS) is 11.1. The van der Waals surface area contributed by atoms with Crippen LogP contribution in [-0.4, -0.2) is 41.2 Å². The number of rotatable bonds is 7. The Morgan fingerprint density at radius 2 is 1.97 bits per heavy atom. The molecular formula is C23H24FN5O2. The van der Waals surface area contributed by atoms with Crippen molar-refractivity contribution in [3.05, 3.63) is 70.6 Å². The fourth-order valence-corrected chi connectivity index (χ4v) is 3.61. The van der Waals surface area contributed by atoms with Crippen molar-refractivity contribution < 1.29 is 14.0 Å². The quantitative estimate of drug-likeness (QED) is 0.443. The van der Waals surface area contributed by atoms with Crippen molar-refractivity contribution in [1.82, 2.24) is 20.3 Å². The second kappa shape index (κ2) is 10.5. The van der Waals surface area contributed by atoms with Gasteiger partial charge in [-0.2, -0.15) is 9.59 Å². The van der Waals surface area contributed by atoms with Gasteiger partial charge in [0.2, 0.25) is 0 Å². The zero-order valence-electron chi connectivity index (χ0n) is 17.5. The minimum absolute atomic E-state index is 0.240. The van der Waals surface area contributed by atoms with Crippen LogP contribution in [0.5, 0.6) is 0 Å². The average Bonchev–Trinajstić information content (AvgIpc) is 3.09. The molecule has 0 atom stereocenters. The van der Waals surface area contributed by atoms with E-state index in [0.717, 1.165) is 59.8 Å². The molecule has 4 rings (SSSR count). The van der Waals surface area contributed by atoms with Crippen LogP contribution >= 0.6 is 0 Å². The highest BCUT2D eigenvalue weighted by atomic mass is 19.1. The molecule has 0 saturated heterocycles. The van der Waals surface area contributed by atoms with Gasteiger partial charge in [0, 0.05) is 25.6 Å². The predicted octanol–water partition coefficient (Wildman–Crippen LogP) is 2.92. The monoisotopic (exact) mass is 421 g/mol. The van der Waals surface area contributed by atoms with Gasteiger partial charge in [-0.1, -0.05) is 18.2 Å². The minimum atomic E-state index is -0.240. The van der Waals surface area contributed by atoms with Gasteiger partial charge in [0.15, 0.2) is 0 Å². The summed E-state index contributed by atoms with van der Waals surface area (Å²) in [5, 5.41) is 6.62. The zero-order chi connectivity index (χ0) is 22.2. The SMILES string of the molecule is CNCCCNc1nc(Cc2cccc(F)c2)nc2c1-c1ncc(C)cc1C2.O=C=O. The van der Waals surface area contributed by atoms with Crippen LogP contribution in [0, 0.1) is 12.7 Å². The van der Waals surface area contributed by atoms with E-state index in [1.807, 2.05) is 26.2 Å². The zero-order valence-corrected chi connectivity index (χ0v) is 17.5. The molecule has 31 heavy (non-hydrogen) atoms. The van der Waals surface area contributed by atoms with Gasteiger partial charge in [-0.25, -0.2) is 14.4 Å². The van der Waals surface area contributed by atoms with Crippen molar-refractivity contribution in [3.63, 3.8) is 0 Å². The molecule has 0 amide bonds. The number of hydrogen-bond acceptors (Lipinski definition) is 7. The van der Waals surface area contributed by atoms with E-state index in [2.05, 4.69) is 21.7 Å². The molecular weight excluding hydrogens is 397 g/mol. The number of fused-ring (bicyclic) bond motifs is 3. The highest BCUT2D eigenvalue weighted by Gasteiger charge is 2.26. The van der Waals surface area contributed by atoms with Crippen LogP contribution < -0.4 is 10.6 Å². The van der Waals surface area contributed by atoms with E-state index in [1.54, 1.807) is 6.07 Å². The van der Waals surface area contributed by atoms with Gasteiger partial charge in [-0.15, -0.1) is 0 Å². The Hall–Kier alpha value is -3.48. The maximum Gasteiger partial charge on any atom is 0.373 e. The van der Waals surface area contributed by atoms with E-state index in [1.165, 1.54) is 17.7 Å². The summed E-state index contributed by atoms with van der Waals surface area (Å²) in [6.07, 6.45) is 4.38. The fraction of sp³-hybridized carbons (Fsp3) is 0.304. The van der Waals surface area contributed by atoms with Crippen molar-refractivity contribution in [2.24, 2.45) is 0 Å². The molecule has 0 aliphatic heterocycles. The fourth-order valence-electron chi connectivity index (χ4n) is 3.61. The lowest BCUT2D eigenvalue weighted by atomic mass is 10.1. The number of pyridine rings is 1. The summed E-state index contributed by atoms with van der Waals surface area (Å²) in [4.78, 5) is 30.5. The molecule has 3 aromatic rings. The molecule has 1 aromatic carbocycles. The number of aromatic nitrogens is 3. The van der Waals surface area contributed by atoms with Gasteiger partial charge in [-0.3, -0.25) is 4.98 Å². The molecule has 0 spiro atoms. The van der Waals surface area contributed by atoms with Gasteiger partial charge >= 0.3 is 6.15 Å². The highest BCUT2D eigenvalue weighted by Crippen LogP contribution is 2.38. The van der Waals surface area contributed by atoms with Crippen LogP contribution in [0.3, 0.4) is 0 Å². The molecule has 0 bridgehead atoms. The molecule has 0 fully saturated rings. The molecule has 0 unspecified atom stereocenters. The van der Waals surface area contributed by atoms with Crippen LogP contribution in [-0.2, 0) is 22.4 Å². The topological polar surface area (TPSA) is 96.9 Å². The Bertz CT molecular complexity index is 1100. The number of aryl methyl sites for hydroxylation is 1. The van der Waals surface area contributed by atoms with Crippen LogP contribution in [0.4, 0.5) is 10.2 Å². The van der Waals surface area contributed by atoms with E-state index in [9.17, 15) is 4.39 Å². The second-order valence-electron chi connectivity index (χ2n) is 7.28. The number of anilines is 1. The number of benzene rings is 1. The summed E-state index contributed by atoms with van der Waals surface area (Å²) in [7, 11) is 1.95. The van der Waals surface area contributed by atoms with Crippen molar-refractivity contribution in [2.45, 2.75) is 26.2 Å². The van der Waals surface area contributed by atoms with E-state index in [4.69, 9.17) is 19.6 Å². The Balaban J connectivity index is 0.000000858. The molecule has 2 aromatic heterocycles. The van der Waals surface area contributed by atoms with Crippen molar-refractivity contribution in [3.8, 4) is 11.3 Å². The molecule has 1 aliphatic rings. The first-order valence-corrected chi connectivity index (χ1v) is 10.0. The number of nitrogens with zero attached hydrogens (tertiary/aromatic N) is 3. The summed E-state index contributed by atoms with van der Waals surface area (Å²) in [6, 6.07) is 8.78. The first-order chi connectivity index (χ1) is 15.0. The molecule has 8 heteroatoms. The maximum atomic E-state index is 13.6. The predicted molar refractivity (Wildman–Crippen MR) is 114 cm³/mol. The van der Waals surface area contributed by atoms with E-state index < -0.39 is 0 Å². The van der Waals surface area contributed by atoms with Gasteiger partial charge in [0.05, 0.1) is 17.0 Å². The standard InChI is InChI=1S/C22H24FN5.CO2/c1-14-9-16-12-18-20(21(16)26-13-14)22(25-8-4-7-24-2)28-19(27-18)11-15-5-3-6-17(23)10-15;2-1-3/h3,5-6,9-10,13,24H,4,7-8,11-12H2,1-2H3,(H,25,27,28);. The third kappa shape index (κ3) is 5.57. The first-order valence-electron chi connectivity index (χ1n) is 10.0. The number of halogens is 1. The van der Waals surface area contributed by atoms with Crippen LogP contribution in [0.1, 0.15) is 34.6 Å². The van der Waals surface area contributed by atoms with Gasteiger partial charge in [0.1, 0.15) is 17.5 Å². The van der Waals surface area contributed by atoms with E-state index >= 15 is 0 Å². The molecule has 2 N–H and O–H groups in total. The number of carbonyl (C=O) groups excluding carboxylic acids is 2. The summed E-state index contributed by atoms with van der Waals surface area (Å²) < 4.78 is 13.6. The van der Waals surface area contributed by atoms with Crippen molar-refractivity contribution in [2.75, 3.05) is 25.5 Å². The molecule has 0 radical (unpaired) electrons. The van der Waals surface area contributed by atoms with E-state index in [0.29, 0.717) is 12.2 Å². The van der Waals surface area contributed by atoms with Crippen LogP contribution in [0.2, 0.25) is 0 Å². The number of hydrogen-bond donors (Lipinski definition) is 2. The highest BCUT2D eigenvalue weighted by molar-refractivity contribution is 5.81. The van der Waals surface area contributed by atoms with Crippen LogP contribution in [0.25, 0.3) is 11.3 Å². The Morgan fingerprint density at radius 3 is 2.71 bits per heavy atom. The average molecular weight is 421 g/mol. The Labute approximate surface area is 180 Å². The van der Waals surface area contributed by atoms with Crippen LogP contribution in [0.15, 0.2) is 36.5 Å². The lowest BCUT2D eigenvalue weighted by Gasteiger charge is -2.13. The summed E-state index contributed by atoms with van der Waals surface area (Å²) in [5.41, 5.74) is 6.15. The third-order valence-corrected chi connectivity index (χ3v) is 4.88. The molecule has 0 saturated carbocycles. The minimum Gasteiger partial charge on any atom is -0.369 e. The molecule has 1 aliphatic carbocycles. The summed E-state index contributed by atoms with van der Waals surface area (Å²) >= 11 is 0. The van der Waals surface area contributed by atoms with Gasteiger partial charge in [-0.05, 0) is 55.8 Å².